The van der Waals surface area contributed by atoms with Crippen LogP contribution in [0.3, 0.4) is 0 Å². The van der Waals surface area contributed by atoms with Crippen LogP contribution in [-0.4, -0.2) is 32.7 Å². The van der Waals surface area contributed by atoms with Gasteiger partial charge < -0.3 is 15.4 Å². The van der Waals surface area contributed by atoms with Crippen molar-refractivity contribution in [1.82, 2.24) is 10.6 Å². The highest BCUT2D eigenvalue weighted by molar-refractivity contribution is 6.31. The Bertz CT molecular complexity index is 424. The molecule has 5 heteroatoms. The van der Waals surface area contributed by atoms with Crippen molar-refractivity contribution < 1.29 is 9.53 Å². The lowest BCUT2D eigenvalue weighted by Crippen LogP contribution is -2.31. The third-order valence-corrected chi connectivity index (χ3v) is 3.36. The Morgan fingerprint density at radius 1 is 1.47 bits per heavy atom. The smallest absolute Gasteiger partial charge is 0.224 e. The fourth-order valence-corrected chi connectivity index (χ4v) is 1.84. The Morgan fingerprint density at radius 2 is 2.21 bits per heavy atom. The number of amides is 1. The molecular weight excluding hydrogens is 264 g/mol. The summed E-state index contributed by atoms with van der Waals surface area (Å²) in [6.07, 6.45) is 1.19. The highest BCUT2D eigenvalue weighted by Crippen LogP contribution is 2.22. The molecule has 2 N–H and O–H groups in total. The van der Waals surface area contributed by atoms with Gasteiger partial charge in [-0.25, -0.2) is 0 Å². The molecule has 19 heavy (non-hydrogen) atoms. The number of hydrogen-bond acceptors (Lipinski definition) is 3. The Kier molecular flexibility index (Phi) is 6.67. The van der Waals surface area contributed by atoms with Crippen LogP contribution in [0.5, 0.6) is 5.75 Å². The van der Waals surface area contributed by atoms with E-state index in [1.807, 2.05) is 13.1 Å². The topological polar surface area (TPSA) is 50.4 Å². The first-order valence-corrected chi connectivity index (χ1v) is 6.71. The third kappa shape index (κ3) is 5.49. The van der Waals surface area contributed by atoms with Crippen LogP contribution >= 0.6 is 11.6 Å². The van der Waals surface area contributed by atoms with Crippen LogP contribution in [-0.2, 0) is 11.2 Å². The number of carbonyl (C=O) groups excluding carboxylic acids is 1. The molecule has 1 unspecified atom stereocenters. The van der Waals surface area contributed by atoms with Crippen molar-refractivity contribution >= 4 is 17.5 Å². The summed E-state index contributed by atoms with van der Waals surface area (Å²) in [5, 5.41) is 6.56. The van der Waals surface area contributed by atoms with Gasteiger partial charge in [0.25, 0.3) is 0 Å². The van der Waals surface area contributed by atoms with E-state index >= 15 is 0 Å². The third-order valence-electron chi connectivity index (χ3n) is 3.00. The standard InChI is InChI=1S/C14H21ClN2O2/c1-10(16-2)6-7-17-14(18)8-11-4-5-12(19-3)9-13(11)15/h4-5,9-10,16H,6-8H2,1-3H3,(H,17,18). The number of nitrogens with one attached hydrogen (secondary N) is 2. The van der Waals surface area contributed by atoms with Crippen LogP contribution in [0.4, 0.5) is 0 Å². The molecule has 1 amide bonds. The Morgan fingerprint density at radius 3 is 2.79 bits per heavy atom. The SMILES string of the molecule is CNC(C)CCNC(=O)Cc1ccc(OC)cc1Cl. The number of hydrogen-bond donors (Lipinski definition) is 2. The fraction of sp³-hybridized carbons (Fsp3) is 0.500. The second kappa shape index (κ2) is 8.02. The van der Waals surface area contributed by atoms with Gasteiger partial charge in [-0.15, -0.1) is 0 Å². The lowest BCUT2D eigenvalue weighted by Gasteiger charge is -2.11. The quantitative estimate of drug-likeness (QED) is 0.805. The van der Waals surface area contributed by atoms with Gasteiger partial charge in [0, 0.05) is 17.6 Å². The van der Waals surface area contributed by atoms with E-state index in [4.69, 9.17) is 16.3 Å². The zero-order chi connectivity index (χ0) is 14.3. The van der Waals surface area contributed by atoms with Crippen molar-refractivity contribution in [3.63, 3.8) is 0 Å². The Balaban J connectivity index is 2.44. The Labute approximate surface area is 119 Å². The van der Waals surface area contributed by atoms with Crippen LogP contribution < -0.4 is 15.4 Å². The van der Waals surface area contributed by atoms with E-state index in [0.717, 1.165) is 12.0 Å². The summed E-state index contributed by atoms with van der Waals surface area (Å²) in [4.78, 5) is 11.8. The molecule has 0 aromatic heterocycles. The van der Waals surface area contributed by atoms with Gasteiger partial charge in [0.05, 0.1) is 13.5 Å². The molecule has 0 saturated heterocycles. The molecule has 0 aliphatic rings. The molecular formula is C14H21ClN2O2. The normalized spacial score (nSPS) is 12.0. The van der Waals surface area contributed by atoms with Crippen molar-refractivity contribution in [2.75, 3.05) is 20.7 Å². The summed E-state index contributed by atoms with van der Waals surface area (Å²) in [5.74, 6) is 0.673. The van der Waals surface area contributed by atoms with Crippen LogP contribution in [0.1, 0.15) is 18.9 Å². The molecule has 0 heterocycles. The minimum atomic E-state index is -0.0182. The second-order valence-electron chi connectivity index (χ2n) is 4.46. The van der Waals surface area contributed by atoms with Crippen molar-refractivity contribution in [1.29, 1.82) is 0 Å². The van der Waals surface area contributed by atoms with Gasteiger partial charge in [-0.1, -0.05) is 17.7 Å². The maximum atomic E-state index is 11.8. The van der Waals surface area contributed by atoms with Crippen LogP contribution in [0.2, 0.25) is 5.02 Å². The van der Waals surface area contributed by atoms with E-state index in [0.29, 0.717) is 23.4 Å². The van der Waals surface area contributed by atoms with Gasteiger partial charge in [0.2, 0.25) is 5.91 Å². The second-order valence-corrected chi connectivity index (χ2v) is 4.87. The van der Waals surface area contributed by atoms with Crippen LogP contribution in [0.25, 0.3) is 0 Å². The van der Waals surface area contributed by atoms with E-state index < -0.39 is 0 Å². The number of carbonyl (C=O) groups is 1. The van der Waals surface area contributed by atoms with Crippen molar-refractivity contribution in [2.45, 2.75) is 25.8 Å². The fourth-order valence-electron chi connectivity index (χ4n) is 1.61. The minimum Gasteiger partial charge on any atom is -0.497 e. The monoisotopic (exact) mass is 284 g/mol. The highest BCUT2D eigenvalue weighted by atomic mass is 35.5. The molecule has 1 aromatic rings. The van der Waals surface area contributed by atoms with E-state index in [2.05, 4.69) is 17.6 Å². The lowest BCUT2D eigenvalue weighted by atomic mass is 10.1. The number of benzene rings is 1. The molecule has 4 nitrogen and oxygen atoms in total. The molecule has 0 bridgehead atoms. The summed E-state index contributed by atoms with van der Waals surface area (Å²) < 4.78 is 5.07. The van der Waals surface area contributed by atoms with Gasteiger partial charge in [-0.3, -0.25) is 4.79 Å². The highest BCUT2D eigenvalue weighted by Gasteiger charge is 2.08. The van der Waals surface area contributed by atoms with E-state index in [1.165, 1.54) is 0 Å². The van der Waals surface area contributed by atoms with Gasteiger partial charge in [0.15, 0.2) is 0 Å². The molecule has 1 aromatic carbocycles. The summed E-state index contributed by atoms with van der Waals surface area (Å²) in [7, 11) is 3.49. The molecule has 0 fully saturated rings. The minimum absolute atomic E-state index is 0.0182. The lowest BCUT2D eigenvalue weighted by molar-refractivity contribution is -0.120. The molecule has 106 valence electrons. The van der Waals surface area contributed by atoms with Gasteiger partial charge in [0.1, 0.15) is 5.75 Å². The molecule has 0 aliphatic heterocycles. The average Bonchev–Trinajstić information content (AvgIpc) is 2.40. The maximum Gasteiger partial charge on any atom is 0.224 e. The van der Waals surface area contributed by atoms with Crippen molar-refractivity contribution in [2.24, 2.45) is 0 Å². The Hall–Kier alpha value is -1.26. The predicted octanol–water partition coefficient (Wildman–Crippen LogP) is 2.01. The zero-order valence-corrected chi connectivity index (χ0v) is 12.4. The van der Waals surface area contributed by atoms with Crippen LogP contribution in [0, 0.1) is 0 Å². The van der Waals surface area contributed by atoms with Gasteiger partial charge in [-0.2, -0.15) is 0 Å². The molecule has 0 spiro atoms. The molecule has 0 aliphatic carbocycles. The summed E-state index contributed by atoms with van der Waals surface area (Å²) >= 11 is 6.09. The first-order valence-electron chi connectivity index (χ1n) is 6.33. The molecule has 0 radical (unpaired) electrons. The maximum absolute atomic E-state index is 11.8. The summed E-state index contributed by atoms with van der Waals surface area (Å²) in [6.45, 7) is 2.74. The van der Waals surface area contributed by atoms with Gasteiger partial charge in [-0.05, 0) is 38.1 Å². The number of rotatable bonds is 7. The van der Waals surface area contributed by atoms with Crippen LogP contribution in [0.15, 0.2) is 18.2 Å². The van der Waals surface area contributed by atoms with Crippen molar-refractivity contribution in [3.05, 3.63) is 28.8 Å². The molecule has 1 atom stereocenters. The summed E-state index contributed by atoms with van der Waals surface area (Å²) in [6, 6.07) is 5.73. The predicted molar refractivity (Wildman–Crippen MR) is 77.9 cm³/mol. The largest absolute Gasteiger partial charge is 0.497 e. The first kappa shape index (κ1) is 15.8. The summed E-state index contributed by atoms with van der Waals surface area (Å²) in [5.41, 5.74) is 0.807. The number of ether oxygens (including phenoxy) is 1. The number of methoxy groups -OCH3 is 1. The number of halogens is 1. The van der Waals surface area contributed by atoms with E-state index in [-0.39, 0.29) is 12.3 Å². The average molecular weight is 285 g/mol. The van der Waals surface area contributed by atoms with Gasteiger partial charge >= 0.3 is 0 Å². The first-order chi connectivity index (χ1) is 9.06. The van der Waals surface area contributed by atoms with Crippen molar-refractivity contribution in [3.8, 4) is 5.75 Å². The molecule has 0 saturated carbocycles. The van der Waals surface area contributed by atoms with E-state index in [9.17, 15) is 4.79 Å². The molecule has 1 rings (SSSR count). The zero-order valence-electron chi connectivity index (χ0n) is 11.6. The van der Waals surface area contributed by atoms with E-state index in [1.54, 1.807) is 19.2 Å².